The molecular weight excluding hydrogens is 346 g/mol. The Bertz CT molecular complexity index is 660. The van der Waals surface area contributed by atoms with Crippen LogP contribution in [0.1, 0.15) is 26.8 Å². The number of likely N-dealkylation sites (N-methyl/N-ethyl adjacent to an activating group) is 1. The van der Waals surface area contributed by atoms with Gasteiger partial charge in [-0.05, 0) is 26.4 Å². The highest BCUT2D eigenvalue weighted by atomic mass is 32.1. The zero-order valence-corrected chi connectivity index (χ0v) is 15.4. The molecule has 1 aliphatic heterocycles. The minimum atomic E-state index is -1.25. The maximum absolute atomic E-state index is 12.5. The Morgan fingerprint density at radius 2 is 2.12 bits per heavy atom. The number of amides is 3. The highest BCUT2D eigenvalue weighted by Gasteiger charge is 2.26. The summed E-state index contributed by atoms with van der Waals surface area (Å²) in [6.45, 7) is 1.54. The number of aryl methyl sites for hydroxylation is 1. The summed E-state index contributed by atoms with van der Waals surface area (Å²) in [5, 5.41) is 13.7. The third kappa shape index (κ3) is 5.13. The van der Waals surface area contributed by atoms with E-state index in [1.165, 1.54) is 16.2 Å². The molecule has 10 heteroatoms. The summed E-state index contributed by atoms with van der Waals surface area (Å²) in [7, 11) is 5.12. The van der Waals surface area contributed by atoms with E-state index in [0.717, 1.165) is 36.5 Å². The van der Waals surface area contributed by atoms with Gasteiger partial charge < -0.3 is 25.5 Å². The van der Waals surface area contributed by atoms with Crippen molar-refractivity contribution in [1.29, 1.82) is 0 Å². The summed E-state index contributed by atoms with van der Waals surface area (Å²) < 4.78 is 0. The number of carboxylic acid groups (broad SMARTS) is 1. The van der Waals surface area contributed by atoms with Crippen molar-refractivity contribution in [1.82, 2.24) is 25.4 Å². The molecular formula is C15H23N5O4S. The van der Waals surface area contributed by atoms with Crippen molar-refractivity contribution in [3.05, 3.63) is 15.6 Å². The number of nitrogens with zero attached hydrogens (tertiary/aromatic N) is 3. The van der Waals surface area contributed by atoms with E-state index in [1.54, 1.807) is 14.1 Å². The lowest BCUT2D eigenvalue weighted by Crippen LogP contribution is -2.52. The number of rotatable bonds is 5. The molecule has 0 unspecified atom stereocenters. The van der Waals surface area contributed by atoms with Crippen molar-refractivity contribution in [2.45, 2.75) is 25.4 Å². The van der Waals surface area contributed by atoms with Gasteiger partial charge >= 0.3 is 6.09 Å². The van der Waals surface area contributed by atoms with Crippen molar-refractivity contribution < 1.29 is 19.5 Å². The minimum absolute atomic E-state index is 0.202. The Morgan fingerprint density at radius 1 is 1.40 bits per heavy atom. The Kier molecular flexibility index (Phi) is 6.32. The van der Waals surface area contributed by atoms with Gasteiger partial charge in [0.05, 0.1) is 12.2 Å². The van der Waals surface area contributed by atoms with Gasteiger partial charge in [-0.25, -0.2) is 9.78 Å². The average Bonchev–Trinajstić information content (AvgIpc) is 2.85. The highest BCUT2D eigenvalue weighted by molar-refractivity contribution is 7.13. The Morgan fingerprint density at radius 3 is 2.76 bits per heavy atom. The first-order valence-corrected chi connectivity index (χ1v) is 8.75. The average molecular weight is 369 g/mol. The van der Waals surface area contributed by atoms with Crippen molar-refractivity contribution >= 4 is 29.2 Å². The lowest BCUT2D eigenvalue weighted by Gasteiger charge is -2.21. The van der Waals surface area contributed by atoms with Gasteiger partial charge in [0.25, 0.3) is 5.91 Å². The zero-order chi connectivity index (χ0) is 18.6. The molecule has 2 rings (SSSR count). The molecule has 0 spiro atoms. The van der Waals surface area contributed by atoms with Gasteiger partial charge in [-0.1, -0.05) is 0 Å². The molecule has 0 saturated carbocycles. The van der Waals surface area contributed by atoms with Crippen LogP contribution in [0.25, 0.3) is 0 Å². The molecule has 0 bridgehead atoms. The van der Waals surface area contributed by atoms with Crippen LogP contribution in [0.2, 0.25) is 0 Å². The van der Waals surface area contributed by atoms with Crippen molar-refractivity contribution in [2.75, 3.05) is 34.2 Å². The number of nitrogens with one attached hydrogen (secondary N) is 2. The second kappa shape index (κ2) is 8.26. The van der Waals surface area contributed by atoms with E-state index >= 15 is 0 Å². The molecule has 3 amide bonds. The van der Waals surface area contributed by atoms with Gasteiger partial charge in [0.1, 0.15) is 6.04 Å². The van der Waals surface area contributed by atoms with Gasteiger partial charge in [-0.15, -0.1) is 11.3 Å². The summed E-state index contributed by atoms with van der Waals surface area (Å²) in [6.07, 6.45) is 0.553. The van der Waals surface area contributed by atoms with E-state index in [1.807, 2.05) is 7.05 Å². The molecule has 0 radical (unpaired) electrons. The lowest BCUT2D eigenvalue weighted by molar-refractivity contribution is -0.130. The quantitative estimate of drug-likeness (QED) is 0.672. The van der Waals surface area contributed by atoms with E-state index in [-0.39, 0.29) is 12.5 Å². The largest absolute Gasteiger partial charge is 0.465 e. The number of aromatic nitrogens is 1. The summed E-state index contributed by atoms with van der Waals surface area (Å²) in [5.41, 5.74) is 0.929. The topological polar surface area (TPSA) is 115 Å². The summed E-state index contributed by atoms with van der Waals surface area (Å²) in [6, 6.07) is -0.982. The Balaban J connectivity index is 2.11. The standard InChI is InChI=1S/C15H23N5O4S/c1-19(2)14(22)10(7-16-15(23)24)17-12(21)13-18-9-5-4-6-20(3)8-11(9)25-13/h10,16H,4-8H2,1-3H3,(H,17,21)(H,23,24)/t10-/m0/s1. The first kappa shape index (κ1) is 19.1. The summed E-state index contributed by atoms with van der Waals surface area (Å²) in [4.78, 5) is 44.3. The van der Waals surface area contributed by atoms with E-state index in [4.69, 9.17) is 5.11 Å². The van der Waals surface area contributed by atoms with Gasteiger partial charge in [0.15, 0.2) is 5.01 Å². The zero-order valence-electron chi connectivity index (χ0n) is 14.5. The van der Waals surface area contributed by atoms with Crippen molar-refractivity contribution in [3.63, 3.8) is 0 Å². The molecule has 1 aromatic rings. The van der Waals surface area contributed by atoms with E-state index in [0.29, 0.717) is 5.01 Å². The minimum Gasteiger partial charge on any atom is -0.465 e. The molecule has 0 fully saturated rings. The van der Waals surface area contributed by atoms with E-state index in [9.17, 15) is 14.4 Å². The van der Waals surface area contributed by atoms with Crippen LogP contribution in [0, 0.1) is 0 Å². The number of carbonyl (C=O) groups is 3. The van der Waals surface area contributed by atoms with E-state index < -0.39 is 18.0 Å². The van der Waals surface area contributed by atoms with Crippen LogP contribution < -0.4 is 10.6 Å². The fourth-order valence-corrected chi connectivity index (χ4v) is 3.65. The van der Waals surface area contributed by atoms with Crippen LogP contribution in [-0.4, -0.2) is 78.1 Å². The maximum Gasteiger partial charge on any atom is 0.404 e. The molecule has 0 aromatic carbocycles. The molecule has 3 N–H and O–H groups in total. The van der Waals surface area contributed by atoms with Gasteiger partial charge in [-0.2, -0.15) is 0 Å². The molecule has 9 nitrogen and oxygen atoms in total. The van der Waals surface area contributed by atoms with Gasteiger partial charge in [0.2, 0.25) is 5.91 Å². The predicted molar refractivity (Wildman–Crippen MR) is 92.7 cm³/mol. The molecule has 0 aliphatic carbocycles. The normalized spacial score (nSPS) is 15.6. The molecule has 138 valence electrons. The van der Waals surface area contributed by atoms with Crippen LogP contribution in [0.15, 0.2) is 0 Å². The van der Waals surface area contributed by atoms with Gasteiger partial charge in [-0.3, -0.25) is 9.59 Å². The summed E-state index contributed by atoms with van der Waals surface area (Å²) in [5.74, 6) is -0.854. The Hall–Kier alpha value is -2.20. The fraction of sp³-hybridized carbons (Fsp3) is 0.600. The fourth-order valence-electron chi connectivity index (χ4n) is 2.56. The lowest BCUT2D eigenvalue weighted by atomic mass is 10.2. The molecule has 1 atom stereocenters. The third-order valence-electron chi connectivity index (χ3n) is 3.84. The summed E-state index contributed by atoms with van der Waals surface area (Å²) >= 11 is 1.32. The smallest absolute Gasteiger partial charge is 0.404 e. The monoisotopic (exact) mass is 369 g/mol. The number of carbonyl (C=O) groups excluding carboxylic acids is 2. The molecule has 1 aliphatic rings. The van der Waals surface area contributed by atoms with Crippen molar-refractivity contribution in [2.24, 2.45) is 0 Å². The maximum atomic E-state index is 12.5. The number of hydrogen-bond acceptors (Lipinski definition) is 6. The highest BCUT2D eigenvalue weighted by Crippen LogP contribution is 2.24. The van der Waals surface area contributed by atoms with Crippen LogP contribution in [-0.2, 0) is 17.8 Å². The first-order valence-electron chi connectivity index (χ1n) is 7.94. The second-order valence-electron chi connectivity index (χ2n) is 6.17. The molecule has 0 saturated heterocycles. The number of thiazole rings is 1. The molecule has 1 aromatic heterocycles. The number of hydrogen-bond donors (Lipinski definition) is 3. The molecule has 25 heavy (non-hydrogen) atoms. The third-order valence-corrected chi connectivity index (χ3v) is 4.92. The van der Waals surface area contributed by atoms with Crippen LogP contribution >= 0.6 is 11.3 Å². The van der Waals surface area contributed by atoms with E-state index in [2.05, 4.69) is 20.5 Å². The molecule has 2 heterocycles. The predicted octanol–water partition coefficient (Wildman–Crippen LogP) is -0.0247. The van der Waals surface area contributed by atoms with Crippen LogP contribution in [0.3, 0.4) is 0 Å². The van der Waals surface area contributed by atoms with Crippen molar-refractivity contribution in [3.8, 4) is 0 Å². The second-order valence-corrected chi connectivity index (χ2v) is 7.26. The first-order chi connectivity index (χ1) is 11.8. The van der Waals surface area contributed by atoms with Gasteiger partial charge in [0, 0.05) is 25.5 Å². The van der Waals surface area contributed by atoms with Crippen LogP contribution in [0.5, 0.6) is 0 Å². The number of fused-ring (bicyclic) bond motifs is 1. The van der Waals surface area contributed by atoms with Crippen LogP contribution in [0.4, 0.5) is 4.79 Å². The SMILES string of the molecule is CN1CCCc2nc(C(=O)N[C@@H](CNC(=O)O)C(=O)N(C)C)sc2C1. The Labute approximate surface area is 150 Å².